The molecule has 0 atom stereocenters. The van der Waals surface area contributed by atoms with Gasteiger partial charge in [0.2, 0.25) is 0 Å². The molecule has 104 valence electrons. The number of carbonyl (C=O) groups is 1. The first kappa shape index (κ1) is 13.7. The predicted octanol–water partition coefficient (Wildman–Crippen LogP) is 3.21. The fourth-order valence-corrected chi connectivity index (χ4v) is 2.38. The molecule has 0 heterocycles. The summed E-state index contributed by atoms with van der Waals surface area (Å²) in [5.74, 6) is 0.808. The number of amides is 1. The molecular formula is C15H21NO3. The first-order chi connectivity index (χ1) is 9.05. The minimum absolute atomic E-state index is 0.109. The molecule has 0 bridgehead atoms. The van der Waals surface area contributed by atoms with Gasteiger partial charge in [-0.05, 0) is 50.8 Å². The molecule has 1 saturated carbocycles. The van der Waals surface area contributed by atoms with Gasteiger partial charge in [0, 0.05) is 0 Å². The highest BCUT2D eigenvalue weighted by atomic mass is 16.6. The van der Waals surface area contributed by atoms with E-state index in [9.17, 15) is 4.79 Å². The molecular weight excluding hydrogens is 242 g/mol. The number of alkyl carbamates (subject to hydrolysis) is 1. The Morgan fingerprint density at radius 1 is 1.37 bits per heavy atom. The number of hydrogen-bond acceptors (Lipinski definition) is 3. The lowest BCUT2D eigenvalue weighted by Gasteiger charge is -2.42. The summed E-state index contributed by atoms with van der Waals surface area (Å²) < 4.78 is 10.4. The van der Waals surface area contributed by atoms with E-state index in [1.165, 1.54) is 0 Å². The second-order valence-corrected chi connectivity index (χ2v) is 5.25. The van der Waals surface area contributed by atoms with E-state index in [1.807, 2.05) is 38.1 Å². The van der Waals surface area contributed by atoms with E-state index in [0.717, 1.165) is 30.6 Å². The topological polar surface area (TPSA) is 47.6 Å². The lowest BCUT2D eigenvalue weighted by atomic mass is 9.72. The second-order valence-electron chi connectivity index (χ2n) is 5.25. The van der Waals surface area contributed by atoms with E-state index in [2.05, 4.69) is 5.32 Å². The van der Waals surface area contributed by atoms with Crippen molar-refractivity contribution in [3.8, 4) is 5.75 Å². The molecule has 0 radical (unpaired) electrons. The molecule has 1 amide bonds. The van der Waals surface area contributed by atoms with Gasteiger partial charge in [-0.1, -0.05) is 12.1 Å². The molecule has 1 aliphatic carbocycles. The van der Waals surface area contributed by atoms with Crippen LogP contribution < -0.4 is 10.1 Å². The van der Waals surface area contributed by atoms with Crippen LogP contribution in [-0.4, -0.2) is 19.3 Å². The average Bonchev–Trinajstić information content (AvgIpc) is 2.33. The van der Waals surface area contributed by atoms with Crippen LogP contribution in [0.5, 0.6) is 5.75 Å². The molecule has 1 aromatic rings. The van der Waals surface area contributed by atoms with Crippen LogP contribution >= 0.6 is 0 Å². The molecule has 1 aliphatic rings. The van der Waals surface area contributed by atoms with Crippen LogP contribution in [0.2, 0.25) is 0 Å². The molecule has 0 aliphatic heterocycles. The Balaban J connectivity index is 2.15. The molecule has 1 aromatic carbocycles. The Hall–Kier alpha value is -1.71. The van der Waals surface area contributed by atoms with Crippen molar-refractivity contribution >= 4 is 6.09 Å². The summed E-state index contributed by atoms with van der Waals surface area (Å²) in [5, 5.41) is 3.01. The normalized spacial score (nSPS) is 16.6. The molecule has 2 rings (SSSR count). The van der Waals surface area contributed by atoms with Gasteiger partial charge in [-0.15, -0.1) is 0 Å². The highest BCUT2D eigenvalue weighted by molar-refractivity contribution is 5.69. The Kier molecular flexibility index (Phi) is 3.98. The first-order valence-electron chi connectivity index (χ1n) is 6.69. The van der Waals surface area contributed by atoms with E-state index in [0.29, 0.717) is 0 Å². The summed E-state index contributed by atoms with van der Waals surface area (Å²) >= 11 is 0. The molecule has 0 saturated heterocycles. The van der Waals surface area contributed by atoms with E-state index >= 15 is 0 Å². The maximum Gasteiger partial charge on any atom is 0.408 e. The van der Waals surface area contributed by atoms with Crippen molar-refractivity contribution in [3.63, 3.8) is 0 Å². The summed E-state index contributed by atoms with van der Waals surface area (Å²) in [7, 11) is 1.65. The number of methoxy groups -OCH3 is 1. The standard InChI is InChI=1S/C15H21NO3/c1-11(2)19-14(17)16-15(8-5-9-15)12-6-4-7-13(10-12)18-3/h4,6-7,10-11H,5,8-9H2,1-3H3,(H,16,17). The number of ether oxygens (including phenoxy) is 2. The third-order valence-corrected chi connectivity index (χ3v) is 3.51. The third kappa shape index (κ3) is 3.00. The Labute approximate surface area is 114 Å². The van der Waals surface area contributed by atoms with Crippen molar-refractivity contribution < 1.29 is 14.3 Å². The first-order valence-corrected chi connectivity index (χ1v) is 6.69. The molecule has 0 aromatic heterocycles. The third-order valence-electron chi connectivity index (χ3n) is 3.51. The van der Waals surface area contributed by atoms with Crippen LogP contribution in [0, 0.1) is 0 Å². The van der Waals surface area contributed by atoms with E-state index in [-0.39, 0.29) is 17.7 Å². The van der Waals surface area contributed by atoms with Gasteiger partial charge in [0.1, 0.15) is 5.75 Å². The van der Waals surface area contributed by atoms with Crippen LogP contribution in [-0.2, 0) is 10.3 Å². The van der Waals surface area contributed by atoms with Gasteiger partial charge in [0.05, 0.1) is 18.8 Å². The predicted molar refractivity (Wildman–Crippen MR) is 73.3 cm³/mol. The van der Waals surface area contributed by atoms with Crippen LogP contribution in [0.1, 0.15) is 38.7 Å². The molecule has 4 heteroatoms. The van der Waals surface area contributed by atoms with Gasteiger partial charge in [-0.3, -0.25) is 0 Å². The Bertz CT molecular complexity index is 452. The minimum Gasteiger partial charge on any atom is -0.497 e. The summed E-state index contributed by atoms with van der Waals surface area (Å²) in [6.45, 7) is 3.69. The maximum absolute atomic E-state index is 11.8. The molecule has 0 spiro atoms. The van der Waals surface area contributed by atoms with Gasteiger partial charge in [-0.2, -0.15) is 0 Å². The Morgan fingerprint density at radius 3 is 2.63 bits per heavy atom. The number of nitrogens with one attached hydrogen (secondary N) is 1. The van der Waals surface area contributed by atoms with E-state index in [4.69, 9.17) is 9.47 Å². The number of rotatable bonds is 4. The van der Waals surface area contributed by atoms with Gasteiger partial charge < -0.3 is 14.8 Å². The lowest BCUT2D eigenvalue weighted by Crippen LogP contribution is -2.51. The Morgan fingerprint density at radius 2 is 2.11 bits per heavy atom. The molecule has 0 unspecified atom stereocenters. The zero-order valence-electron chi connectivity index (χ0n) is 11.7. The SMILES string of the molecule is COc1cccc(C2(NC(=O)OC(C)C)CCC2)c1. The number of hydrogen-bond donors (Lipinski definition) is 1. The van der Waals surface area contributed by atoms with Crippen molar-refractivity contribution in [2.24, 2.45) is 0 Å². The smallest absolute Gasteiger partial charge is 0.408 e. The van der Waals surface area contributed by atoms with E-state index < -0.39 is 0 Å². The summed E-state index contributed by atoms with van der Waals surface area (Å²) in [4.78, 5) is 11.8. The van der Waals surface area contributed by atoms with E-state index in [1.54, 1.807) is 7.11 Å². The highest BCUT2D eigenvalue weighted by Crippen LogP contribution is 2.42. The summed E-state index contributed by atoms with van der Waals surface area (Å²) in [6.07, 6.45) is 2.53. The molecule has 4 nitrogen and oxygen atoms in total. The van der Waals surface area contributed by atoms with Gasteiger partial charge >= 0.3 is 6.09 Å². The van der Waals surface area contributed by atoms with Crippen LogP contribution in [0.3, 0.4) is 0 Å². The van der Waals surface area contributed by atoms with Crippen molar-refractivity contribution in [2.45, 2.75) is 44.8 Å². The molecule has 1 N–H and O–H groups in total. The van der Waals surface area contributed by atoms with Crippen LogP contribution in [0.4, 0.5) is 4.79 Å². The molecule has 19 heavy (non-hydrogen) atoms. The van der Waals surface area contributed by atoms with Gasteiger partial charge in [-0.25, -0.2) is 4.79 Å². The summed E-state index contributed by atoms with van der Waals surface area (Å²) in [5.41, 5.74) is 0.791. The monoisotopic (exact) mass is 263 g/mol. The number of carbonyl (C=O) groups excluding carboxylic acids is 1. The zero-order valence-corrected chi connectivity index (χ0v) is 11.7. The zero-order chi connectivity index (χ0) is 13.9. The highest BCUT2D eigenvalue weighted by Gasteiger charge is 2.40. The van der Waals surface area contributed by atoms with Crippen molar-refractivity contribution in [3.05, 3.63) is 29.8 Å². The van der Waals surface area contributed by atoms with Crippen molar-refractivity contribution in [1.82, 2.24) is 5.32 Å². The van der Waals surface area contributed by atoms with Gasteiger partial charge in [0.25, 0.3) is 0 Å². The average molecular weight is 263 g/mol. The lowest BCUT2D eigenvalue weighted by molar-refractivity contribution is 0.0883. The largest absolute Gasteiger partial charge is 0.497 e. The fraction of sp³-hybridized carbons (Fsp3) is 0.533. The summed E-state index contributed by atoms with van der Waals surface area (Å²) in [6, 6.07) is 7.86. The van der Waals surface area contributed by atoms with Crippen molar-refractivity contribution in [1.29, 1.82) is 0 Å². The van der Waals surface area contributed by atoms with Crippen LogP contribution in [0.15, 0.2) is 24.3 Å². The fourth-order valence-electron chi connectivity index (χ4n) is 2.38. The van der Waals surface area contributed by atoms with Gasteiger partial charge in [0.15, 0.2) is 0 Å². The van der Waals surface area contributed by atoms with Crippen LogP contribution in [0.25, 0.3) is 0 Å². The minimum atomic E-state index is -0.350. The second kappa shape index (κ2) is 5.51. The molecule has 1 fully saturated rings. The maximum atomic E-state index is 11.8. The van der Waals surface area contributed by atoms with Crippen molar-refractivity contribution in [2.75, 3.05) is 7.11 Å². The quantitative estimate of drug-likeness (QED) is 0.907. The number of benzene rings is 1.